The SMILES string of the molecule is CN(C)C(=O)C1CCN(C(=O)C2CNCCO2)CC1. The van der Waals surface area contributed by atoms with Crippen molar-refractivity contribution < 1.29 is 14.3 Å². The van der Waals surface area contributed by atoms with Crippen molar-refractivity contribution in [1.82, 2.24) is 15.1 Å². The van der Waals surface area contributed by atoms with Gasteiger partial charge >= 0.3 is 0 Å². The van der Waals surface area contributed by atoms with Crippen molar-refractivity contribution in [3.05, 3.63) is 0 Å². The monoisotopic (exact) mass is 269 g/mol. The molecule has 0 aromatic rings. The van der Waals surface area contributed by atoms with Gasteiger partial charge in [-0.05, 0) is 12.8 Å². The molecular weight excluding hydrogens is 246 g/mol. The molecule has 19 heavy (non-hydrogen) atoms. The van der Waals surface area contributed by atoms with Crippen molar-refractivity contribution in [2.75, 3.05) is 46.9 Å². The molecule has 0 aromatic heterocycles. The van der Waals surface area contributed by atoms with Crippen LogP contribution in [-0.2, 0) is 14.3 Å². The van der Waals surface area contributed by atoms with E-state index < -0.39 is 0 Å². The molecule has 0 aromatic carbocycles. The minimum absolute atomic E-state index is 0.0583. The van der Waals surface area contributed by atoms with Gasteiger partial charge in [-0.3, -0.25) is 9.59 Å². The average molecular weight is 269 g/mol. The van der Waals surface area contributed by atoms with Crippen LogP contribution >= 0.6 is 0 Å². The highest BCUT2D eigenvalue weighted by Gasteiger charge is 2.32. The lowest BCUT2D eigenvalue weighted by molar-refractivity contribution is -0.148. The number of nitrogens with one attached hydrogen (secondary N) is 1. The Kier molecular flexibility index (Phi) is 4.76. The number of nitrogens with zero attached hydrogens (tertiary/aromatic N) is 2. The Morgan fingerprint density at radius 1 is 1.26 bits per heavy atom. The van der Waals surface area contributed by atoms with Crippen molar-refractivity contribution in [3.8, 4) is 0 Å². The first-order valence-corrected chi connectivity index (χ1v) is 6.92. The molecule has 1 unspecified atom stereocenters. The van der Waals surface area contributed by atoms with E-state index in [4.69, 9.17) is 4.74 Å². The Bertz CT molecular complexity index is 332. The average Bonchev–Trinajstić information content (AvgIpc) is 2.46. The van der Waals surface area contributed by atoms with Crippen LogP contribution in [0.25, 0.3) is 0 Å². The summed E-state index contributed by atoms with van der Waals surface area (Å²) in [5.74, 6) is 0.287. The Balaban J connectivity index is 1.82. The number of carbonyl (C=O) groups excluding carboxylic acids is 2. The van der Waals surface area contributed by atoms with Gasteiger partial charge in [-0.1, -0.05) is 0 Å². The zero-order chi connectivity index (χ0) is 13.8. The zero-order valence-electron chi connectivity index (χ0n) is 11.7. The van der Waals surface area contributed by atoms with Gasteiger partial charge in [-0.2, -0.15) is 0 Å². The van der Waals surface area contributed by atoms with Crippen LogP contribution in [0, 0.1) is 5.92 Å². The first kappa shape index (κ1) is 14.3. The van der Waals surface area contributed by atoms with Gasteiger partial charge in [-0.25, -0.2) is 0 Å². The summed E-state index contributed by atoms with van der Waals surface area (Å²) < 4.78 is 5.48. The molecule has 6 nitrogen and oxygen atoms in total. The molecule has 108 valence electrons. The van der Waals surface area contributed by atoms with Gasteiger partial charge in [-0.15, -0.1) is 0 Å². The third kappa shape index (κ3) is 3.45. The van der Waals surface area contributed by atoms with E-state index >= 15 is 0 Å². The highest BCUT2D eigenvalue weighted by Crippen LogP contribution is 2.20. The number of morpholine rings is 1. The largest absolute Gasteiger partial charge is 0.366 e. The molecule has 2 amide bonds. The molecule has 2 rings (SSSR count). The number of piperidine rings is 1. The van der Waals surface area contributed by atoms with E-state index in [1.165, 1.54) is 0 Å². The summed E-state index contributed by atoms with van der Waals surface area (Å²) in [5, 5.41) is 3.16. The molecule has 2 aliphatic heterocycles. The first-order chi connectivity index (χ1) is 9.09. The van der Waals surface area contributed by atoms with Gasteiger partial charge in [0.05, 0.1) is 6.61 Å². The Labute approximate surface area is 114 Å². The van der Waals surface area contributed by atoms with Gasteiger partial charge in [0, 0.05) is 46.2 Å². The molecule has 0 radical (unpaired) electrons. The van der Waals surface area contributed by atoms with Gasteiger partial charge in [0.1, 0.15) is 6.10 Å². The molecule has 0 spiro atoms. The molecule has 1 atom stereocenters. The molecule has 2 heterocycles. The highest BCUT2D eigenvalue weighted by molar-refractivity contribution is 5.82. The lowest BCUT2D eigenvalue weighted by atomic mass is 9.95. The summed E-state index contributed by atoms with van der Waals surface area (Å²) in [6.07, 6.45) is 1.15. The predicted molar refractivity (Wildman–Crippen MR) is 70.6 cm³/mol. The summed E-state index contributed by atoms with van der Waals surface area (Å²) in [6, 6.07) is 0. The summed E-state index contributed by atoms with van der Waals surface area (Å²) in [7, 11) is 3.56. The fourth-order valence-electron chi connectivity index (χ4n) is 2.64. The Hall–Kier alpha value is -1.14. The van der Waals surface area contributed by atoms with Crippen molar-refractivity contribution in [3.63, 3.8) is 0 Å². The van der Waals surface area contributed by atoms with Gasteiger partial charge in [0.2, 0.25) is 5.91 Å². The van der Waals surface area contributed by atoms with Crippen LogP contribution in [0.2, 0.25) is 0 Å². The van der Waals surface area contributed by atoms with Gasteiger partial charge < -0.3 is 19.9 Å². The van der Waals surface area contributed by atoms with Crippen LogP contribution in [0.3, 0.4) is 0 Å². The van der Waals surface area contributed by atoms with Crippen molar-refractivity contribution >= 4 is 11.8 Å². The molecule has 2 aliphatic rings. The number of carbonyl (C=O) groups is 2. The van der Waals surface area contributed by atoms with Crippen LogP contribution in [0.5, 0.6) is 0 Å². The molecule has 0 aliphatic carbocycles. The maximum atomic E-state index is 12.2. The van der Waals surface area contributed by atoms with E-state index in [-0.39, 0.29) is 23.8 Å². The van der Waals surface area contributed by atoms with Gasteiger partial charge in [0.25, 0.3) is 5.91 Å². The van der Waals surface area contributed by atoms with Gasteiger partial charge in [0.15, 0.2) is 0 Å². The molecule has 0 bridgehead atoms. The van der Waals surface area contributed by atoms with Crippen LogP contribution in [-0.4, -0.2) is 74.6 Å². The van der Waals surface area contributed by atoms with Crippen molar-refractivity contribution in [1.29, 1.82) is 0 Å². The second-order valence-electron chi connectivity index (χ2n) is 5.40. The number of likely N-dealkylation sites (tertiary alicyclic amines) is 1. The molecule has 2 saturated heterocycles. The lowest BCUT2D eigenvalue weighted by Gasteiger charge is -2.35. The zero-order valence-corrected chi connectivity index (χ0v) is 11.7. The smallest absolute Gasteiger partial charge is 0.253 e. The van der Waals surface area contributed by atoms with Crippen LogP contribution in [0.15, 0.2) is 0 Å². The second-order valence-corrected chi connectivity index (χ2v) is 5.40. The van der Waals surface area contributed by atoms with E-state index in [2.05, 4.69) is 5.32 Å². The molecule has 6 heteroatoms. The Morgan fingerprint density at radius 2 is 1.95 bits per heavy atom. The van der Waals surface area contributed by atoms with E-state index in [9.17, 15) is 9.59 Å². The molecule has 0 saturated carbocycles. The third-order valence-corrected chi connectivity index (χ3v) is 3.80. The standard InChI is InChI=1S/C13H23N3O3/c1-15(2)12(17)10-3-6-16(7-4-10)13(18)11-9-14-5-8-19-11/h10-11,14H,3-9H2,1-2H3. The van der Waals surface area contributed by atoms with Crippen LogP contribution in [0.4, 0.5) is 0 Å². The number of ether oxygens (including phenoxy) is 1. The maximum Gasteiger partial charge on any atom is 0.253 e. The highest BCUT2D eigenvalue weighted by atomic mass is 16.5. The quantitative estimate of drug-likeness (QED) is 0.720. The number of hydrogen-bond donors (Lipinski definition) is 1. The first-order valence-electron chi connectivity index (χ1n) is 6.92. The van der Waals surface area contributed by atoms with E-state index in [0.29, 0.717) is 26.2 Å². The van der Waals surface area contributed by atoms with Crippen molar-refractivity contribution in [2.24, 2.45) is 5.92 Å². The van der Waals surface area contributed by atoms with Crippen LogP contribution < -0.4 is 5.32 Å². The minimum Gasteiger partial charge on any atom is -0.366 e. The topological polar surface area (TPSA) is 61.9 Å². The fraction of sp³-hybridized carbons (Fsp3) is 0.846. The summed E-state index contributed by atoms with van der Waals surface area (Å²) in [5.41, 5.74) is 0. The maximum absolute atomic E-state index is 12.2. The van der Waals surface area contributed by atoms with E-state index in [1.54, 1.807) is 19.0 Å². The third-order valence-electron chi connectivity index (χ3n) is 3.80. The predicted octanol–water partition coefficient (Wildman–Crippen LogP) is -0.698. The summed E-state index contributed by atoms with van der Waals surface area (Å²) >= 11 is 0. The second kappa shape index (κ2) is 6.34. The Morgan fingerprint density at radius 3 is 2.47 bits per heavy atom. The van der Waals surface area contributed by atoms with E-state index in [0.717, 1.165) is 19.4 Å². The minimum atomic E-state index is -0.352. The van der Waals surface area contributed by atoms with Crippen LogP contribution in [0.1, 0.15) is 12.8 Å². The summed E-state index contributed by atoms with van der Waals surface area (Å²) in [4.78, 5) is 27.6. The molecule has 2 fully saturated rings. The normalized spacial score (nSPS) is 25.2. The lowest BCUT2D eigenvalue weighted by Crippen LogP contribution is -2.52. The molecular formula is C13H23N3O3. The summed E-state index contributed by atoms with van der Waals surface area (Å²) in [6.45, 7) is 3.30. The van der Waals surface area contributed by atoms with Crippen molar-refractivity contribution in [2.45, 2.75) is 18.9 Å². The number of rotatable bonds is 2. The number of hydrogen-bond acceptors (Lipinski definition) is 4. The van der Waals surface area contributed by atoms with E-state index in [1.807, 2.05) is 4.90 Å². The number of amides is 2. The molecule has 1 N–H and O–H groups in total. The fourth-order valence-corrected chi connectivity index (χ4v) is 2.64.